The topological polar surface area (TPSA) is 72.7 Å². The van der Waals surface area contributed by atoms with E-state index < -0.39 is 0 Å². The molecule has 0 bridgehead atoms. The predicted molar refractivity (Wildman–Crippen MR) is 71.9 cm³/mol. The molecule has 0 aliphatic carbocycles. The highest BCUT2D eigenvalue weighted by Crippen LogP contribution is 2.17. The summed E-state index contributed by atoms with van der Waals surface area (Å²) in [5, 5.41) is 13.9. The predicted octanol–water partition coefficient (Wildman–Crippen LogP) is 1.62. The van der Waals surface area contributed by atoms with Crippen LogP contribution in [-0.2, 0) is 11.8 Å². The summed E-state index contributed by atoms with van der Waals surface area (Å²) in [6, 6.07) is 0. The molecule has 0 aliphatic rings. The van der Waals surface area contributed by atoms with Gasteiger partial charge in [-0.1, -0.05) is 11.8 Å². The van der Waals surface area contributed by atoms with E-state index in [2.05, 4.69) is 20.5 Å². The Morgan fingerprint density at radius 2 is 2.28 bits per heavy atom. The van der Waals surface area contributed by atoms with E-state index in [0.29, 0.717) is 10.9 Å². The first-order chi connectivity index (χ1) is 8.56. The fourth-order valence-electron chi connectivity index (χ4n) is 1.21. The maximum atomic E-state index is 11.7. The van der Waals surface area contributed by atoms with Gasteiger partial charge in [0.05, 0.1) is 11.4 Å². The van der Waals surface area contributed by atoms with E-state index in [-0.39, 0.29) is 5.91 Å². The average molecular weight is 283 g/mol. The number of thioether (sulfide) groups is 1. The molecule has 0 saturated heterocycles. The van der Waals surface area contributed by atoms with E-state index in [9.17, 15) is 4.79 Å². The fraction of sp³-hybridized carbons (Fsp3) is 0.400. The Hall–Kier alpha value is -1.41. The van der Waals surface area contributed by atoms with Crippen LogP contribution in [0.1, 0.15) is 11.5 Å². The molecular weight excluding hydrogens is 270 g/mol. The summed E-state index contributed by atoms with van der Waals surface area (Å²) in [5.41, 5.74) is 0.909. The number of nitrogens with zero attached hydrogens (tertiary/aromatic N) is 4. The molecule has 96 valence electrons. The second-order valence-corrected chi connectivity index (χ2v) is 5.52. The van der Waals surface area contributed by atoms with Crippen LogP contribution in [0.5, 0.6) is 0 Å². The number of carbonyl (C=O) groups is 1. The number of rotatable bonds is 4. The number of thiazole rings is 1. The summed E-state index contributed by atoms with van der Waals surface area (Å²) in [4.78, 5) is 15.9. The molecule has 0 unspecified atom stereocenters. The van der Waals surface area contributed by atoms with Crippen molar-refractivity contribution in [2.75, 3.05) is 11.1 Å². The van der Waals surface area contributed by atoms with Gasteiger partial charge in [-0.3, -0.25) is 4.79 Å². The smallest absolute Gasteiger partial charge is 0.236 e. The van der Waals surface area contributed by atoms with E-state index in [1.54, 1.807) is 0 Å². The van der Waals surface area contributed by atoms with Crippen molar-refractivity contribution in [1.29, 1.82) is 0 Å². The van der Waals surface area contributed by atoms with Gasteiger partial charge >= 0.3 is 0 Å². The summed E-state index contributed by atoms with van der Waals surface area (Å²) >= 11 is 2.78. The molecule has 2 heterocycles. The summed E-state index contributed by atoms with van der Waals surface area (Å²) in [6.45, 7) is 3.76. The molecule has 2 rings (SSSR count). The molecule has 18 heavy (non-hydrogen) atoms. The number of nitrogens with one attached hydrogen (secondary N) is 1. The number of aryl methyl sites for hydroxylation is 2. The number of amides is 1. The molecule has 0 radical (unpaired) electrons. The SMILES string of the molecule is Cc1csc(NC(=O)CSc2nnc(C)n2C)n1. The highest BCUT2D eigenvalue weighted by atomic mass is 32.2. The van der Waals surface area contributed by atoms with Gasteiger partial charge in [-0.05, 0) is 13.8 Å². The molecule has 0 fully saturated rings. The molecule has 1 amide bonds. The minimum Gasteiger partial charge on any atom is -0.309 e. The highest BCUT2D eigenvalue weighted by Gasteiger charge is 2.10. The van der Waals surface area contributed by atoms with Crippen LogP contribution in [0.3, 0.4) is 0 Å². The fourth-order valence-corrected chi connectivity index (χ4v) is 2.67. The van der Waals surface area contributed by atoms with E-state index in [0.717, 1.165) is 16.7 Å². The summed E-state index contributed by atoms with van der Waals surface area (Å²) in [7, 11) is 1.87. The zero-order valence-electron chi connectivity index (χ0n) is 10.3. The third-order valence-corrected chi connectivity index (χ3v) is 4.15. The third kappa shape index (κ3) is 3.08. The van der Waals surface area contributed by atoms with Crippen LogP contribution >= 0.6 is 23.1 Å². The molecule has 0 spiro atoms. The van der Waals surface area contributed by atoms with Gasteiger partial charge in [0, 0.05) is 12.4 Å². The lowest BCUT2D eigenvalue weighted by atomic mass is 10.6. The second kappa shape index (κ2) is 5.49. The second-order valence-electron chi connectivity index (χ2n) is 3.72. The van der Waals surface area contributed by atoms with Crippen LogP contribution in [0, 0.1) is 13.8 Å². The number of hydrogen-bond acceptors (Lipinski definition) is 6. The van der Waals surface area contributed by atoms with Gasteiger partial charge in [-0.15, -0.1) is 21.5 Å². The van der Waals surface area contributed by atoms with E-state index in [4.69, 9.17) is 0 Å². The van der Waals surface area contributed by atoms with Crippen molar-refractivity contribution in [3.8, 4) is 0 Å². The van der Waals surface area contributed by atoms with Gasteiger partial charge in [0.1, 0.15) is 5.82 Å². The maximum absolute atomic E-state index is 11.7. The molecular formula is C10H13N5OS2. The highest BCUT2D eigenvalue weighted by molar-refractivity contribution is 7.99. The molecule has 8 heteroatoms. The molecule has 2 aromatic heterocycles. The molecule has 0 atom stereocenters. The number of carbonyl (C=O) groups excluding carboxylic acids is 1. The van der Waals surface area contributed by atoms with Crippen molar-refractivity contribution in [3.63, 3.8) is 0 Å². The minimum absolute atomic E-state index is 0.0880. The largest absolute Gasteiger partial charge is 0.309 e. The zero-order valence-corrected chi connectivity index (χ0v) is 11.9. The normalized spacial score (nSPS) is 10.6. The van der Waals surface area contributed by atoms with Crippen LogP contribution in [0.25, 0.3) is 0 Å². The molecule has 2 aromatic rings. The van der Waals surface area contributed by atoms with Crippen LogP contribution in [0.2, 0.25) is 0 Å². The van der Waals surface area contributed by atoms with E-state index in [1.165, 1.54) is 23.1 Å². The van der Waals surface area contributed by atoms with Crippen LogP contribution in [-0.4, -0.2) is 31.4 Å². The maximum Gasteiger partial charge on any atom is 0.236 e. The van der Waals surface area contributed by atoms with Gasteiger partial charge in [0.15, 0.2) is 10.3 Å². The average Bonchev–Trinajstić information content (AvgIpc) is 2.86. The van der Waals surface area contributed by atoms with E-state index in [1.807, 2.05) is 30.8 Å². The van der Waals surface area contributed by atoms with Crippen LogP contribution in [0.4, 0.5) is 5.13 Å². The van der Waals surface area contributed by atoms with E-state index >= 15 is 0 Å². The lowest BCUT2D eigenvalue weighted by molar-refractivity contribution is -0.113. The Morgan fingerprint density at radius 3 is 2.83 bits per heavy atom. The molecule has 6 nitrogen and oxygen atoms in total. The van der Waals surface area contributed by atoms with Gasteiger partial charge in [-0.2, -0.15) is 0 Å². The first kappa shape index (κ1) is 13.0. The standard InChI is InChI=1S/C10H13N5OS2/c1-6-4-17-9(11-6)12-8(16)5-18-10-14-13-7(2)15(10)3/h4H,5H2,1-3H3,(H,11,12,16). The Kier molecular flexibility index (Phi) is 3.97. The lowest BCUT2D eigenvalue weighted by Gasteiger charge is -2.01. The monoisotopic (exact) mass is 283 g/mol. The molecule has 0 aliphatic heterocycles. The van der Waals surface area contributed by atoms with Crippen molar-refractivity contribution < 1.29 is 4.79 Å². The van der Waals surface area contributed by atoms with Crippen molar-refractivity contribution in [3.05, 3.63) is 16.9 Å². The lowest BCUT2D eigenvalue weighted by Crippen LogP contribution is -2.14. The zero-order chi connectivity index (χ0) is 13.1. The van der Waals surface area contributed by atoms with Crippen LogP contribution < -0.4 is 5.32 Å². The van der Waals surface area contributed by atoms with Crippen LogP contribution in [0.15, 0.2) is 10.5 Å². The third-order valence-electron chi connectivity index (χ3n) is 2.25. The molecule has 1 N–H and O–H groups in total. The van der Waals surface area contributed by atoms with Crippen molar-refractivity contribution in [2.24, 2.45) is 7.05 Å². The Balaban J connectivity index is 1.87. The Morgan fingerprint density at radius 1 is 1.50 bits per heavy atom. The van der Waals surface area contributed by atoms with Gasteiger partial charge in [0.2, 0.25) is 5.91 Å². The Labute approximate surface area is 113 Å². The molecule has 0 aromatic carbocycles. The first-order valence-electron chi connectivity index (χ1n) is 5.27. The molecule has 0 saturated carbocycles. The summed E-state index contributed by atoms with van der Waals surface area (Å²) < 4.78 is 1.85. The quantitative estimate of drug-likeness (QED) is 0.863. The van der Waals surface area contributed by atoms with Crippen molar-refractivity contribution >= 4 is 34.1 Å². The number of anilines is 1. The first-order valence-corrected chi connectivity index (χ1v) is 7.13. The van der Waals surface area contributed by atoms with Gasteiger partial charge in [-0.25, -0.2) is 4.98 Å². The number of hydrogen-bond donors (Lipinski definition) is 1. The Bertz CT molecular complexity index is 562. The van der Waals surface area contributed by atoms with Gasteiger partial charge in [0.25, 0.3) is 0 Å². The van der Waals surface area contributed by atoms with Crippen molar-refractivity contribution in [2.45, 2.75) is 19.0 Å². The summed E-state index contributed by atoms with van der Waals surface area (Å²) in [5.74, 6) is 1.04. The van der Waals surface area contributed by atoms with Crippen molar-refractivity contribution in [1.82, 2.24) is 19.7 Å². The minimum atomic E-state index is -0.0880. The number of aromatic nitrogens is 4. The summed E-state index contributed by atoms with van der Waals surface area (Å²) in [6.07, 6.45) is 0. The van der Waals surface area contributed by atoms with Gasteiger partial charge < -0.3 is 9.88 Å².